The highest BCUT2D eigenvalue weighted by molar-refractivity contribution is 7.09. The molecule has 1 fully saturated rings. The number of nitriles is 1. The van der Waals surface area contributed by atoms with E-state index in [9.17, 15) is 18.4 Å². The zero-order valence-electron chi connectivity index (χ0n) is 15.2. The second-order valence-corrected chi connectivity index (χ2v) is 8.04. The highest BCUT2D eigenvalue weighted by atomic mass is 35.5. The number of hydrogen-bond acceptors (Lipinski definition) is 5. The minimum atomic E-state index is -3.09. The van der Waals surface area contributed by atoms with Crippen LogP contribution in [-0.2, 0) is 17.6 Å². The number of aromatic nitrogens is 1. The van der Waals surface area contributed by atoms with Gasteiger partial charge in [0.1, 0.15) is 11.7 Å². The normalized spacial score (nSPS) is 17.7. The molecule has 1 aromatic heterocycles. The lowest BCUT2D eigenvalue weighted by Crippen LogP contribution is -2.43. The molecule has 6 nitrogen and oxygen atoms in total. The Labute approximate surface area is 175 Å². The molecule has 0 unspecified atom stereocenters. The Balaban J connectivity index is 1.50. The standard InChI is InChI=1S/C19H17ClF2N4O2S/c20-13-4-1-12(2-5-13)3-6-16-25-15(10-29-16)18(28)24-9-17(27)26-11-19(21,22)7-14(26)8-23/h1-2,4-5,10,14H,3,6-7,9,11H2,(H,24,28)/t14-/m0/s1. The average molecular weight is 439 g/mol. The lowest BCUT2D eigenvalue weighted by molar-refractivity contribution is -0.131. The van der Waals surface area contributed by atoms with Gasteiger partial charge >= 0.3 is 0 Å². The largest absolute Gasteiger partial charge is 0.342 e. The maximum Gasteiger partial charge on any atom is 0.271 e. The monoisotopic (exact) mass is 438 g/mol. The molecule has 1 aliphatic heterocycles. The smallest absolute Gasteiger partial charge is 0.271 e. The fraction of sp³-hybridized carbons (Fsp3) is 0.368. The van der Waals surface area contributed by atoms with Crippen LogP contribution in [0.4, 0.5) is 8.78 Å². The van der Waals surface area contributed by atoms with Gasteiger partial charge in [-0.1, -0.05) is 23.7 Å². The maximum atomic E-state index is 13.4. The number of likely N-dealkylation sites (tertiary alicyclic amines) is 1. The molecule has 1 aromatic carbocycles. The van der Waals surface area contributed by atoms with Crippen LogP contribution in [0.25, 0.3) is 0 Å². The van der Waals surface area contributed by atoms with Crippen LogP contribution in [0.15, 0.2) is 29.6 Å². The number of amides is 2. The first-order chi connectivity index (χ1) is 13.8. The van der Waals surface area contributed by atoms with Crippen molar-refractivity contribution in [3.63, 3.8) is 0 Å². The number of alkyl halides is 2. The Morgan fingerprint density at radius 1 is 1.34 bits per heavy atom. The number of benzene rings is 1. The summed E-state index contributed by atoms with van der Waals surface area (Å²) in [5.41, 5.74) is 1.26. The Kier molecular flexibility index (Phi) is 6.45. The average Bonchev–Trinajstić information content (AvgIpc) is 3.29. The number of aryl methyl sites for hydroxylation is 2. The quantitative estimate of drug-likeness (QED) is 0.751. The SMILES string of the molecule is N#C[C@@H]1CC(F)(F)CN1C(=O)CNC(=O)c1csc(CCc2ccc(Cl)cc2)n1. The van der Waals surface area contributed by atoms with Gasteiger partial charge in [0.25, 0.3) is 11.8 Å². The van der Waals surface area contributed by atoms with E-state index in [-0.39, 0.29) is 5.69 Å². The lowest BCUT2D eigenvalue weighted by Gasteiger charge is -2.19. The molecule has 2 aromatic rings. The fourth-order valence-electron chi connectivity index (χ4n) is 2.97. The fourth-order valence-corrected chi connectivity index (χ4v) is 3.88. The van der Waals surface area contributed by atoms with E-state index in [1.54, 1.807) is 11.4 Å². The van der Waals surface area contributed by atoms with Gasteiger partial charge in [-0.25, -0.2) is 13.8 Å². The first kappa shape index (κ1) is 21.1. The molecule has 1 aliphatic rings. The summed E-state index contributed by atoms with van der Waals surface area (Å²) in [6.45, 7) is -1.28. The number of carbonyl (C=O) groups is 2. The second-order valence-electron chi connectivity index (χ2n) is 6.66. The number of thiazole rings is 1. The van der Waals surface area contributed by atoms with Gasteiger partial charge in [-0.05, 0) is 24.1 Å². The highest BCUT2D eigenvalue weighted by Crippen LogP contribution is 2.31. The van der Waals surface area contributed by atoms with Gasteiger partial charge in [0.05, 0.1) is 24.2 Å². The van der Waals surface area contributed by atoms with Gasteiger partial charge in [0, 0.05) is 23.2 Å². The van der Waals surface area contributed by atoms with E-state index < -0.39 is 43.3 Å². The van der Waals surface area contributed by atoms with Gasteiger partial charge in [0.15, 0.2) is 0 Å². The minimum Gasteiger partial charge on any atom is -0.342 e. The van der Waals surface area contributed by atoms with Crippen molar-refractivity contribution in [3.05, 3.63) is 50.9 Å². The van der Waals surface area contributed by atoms with Gasteiger partial charge < -0.3 is 10.2 Å². The van der Waals surface area contributed by atoms with E-state index in [0.29, 0.717) is 11.4 Å². The topological polar surface area (TPSA) is 86.1 Å². The number of nitrogens with one attached hydrogen (secondary N) is 1. The summed E-state index contributed by atoms with van der Waals surface area (Å²) in [7, 11) is 0. The summed E-state index contributed by atoms with van der Waals surface area (Å²) in [5.74, 6) is -4.37. The van der Waals surface area contributed by atoms with E-state index in [2.05, 4.69) is 10.3 Å². The molecular formula is C19H17ClF2N4O2S. The van der Waals surface area contributed by atoms with Crippen molar-refractivity contribution in [2.45, 2.75) is 31.2 Å². The van der Waals surface area contributed by atoms with Gasteiger partial charge in [-0.15, -0.1) is 11.3 Å². The third-order valence-corrected chi connectivity index (χ3v) is 5.63. The molecule has 0 spiro atoms. The summed E-state index contributed by atoms with van der Waals surface area (Å²) in [6, 6.07) is 7.97. The summed E-state index contributed by atoms with van der Waals surface area (Å²) < 4.78 is 26.9. The zero-order valence-corrected chi connectivity index (χ0v) is 16.8. The second kappa shape index (κ2) is 8.84. The Morgan fingerprint density at radius 3 is 2.76 bits per heavy atom. The van der Waals surface area contributed by atoms with Gasteiger partial charge in [-0.2, -0.15) is 5.26 Å². The molecule has 3 rings (SSSR count). The molecule has 1 atom stereocenters. The molecule has 1 N–H and O–H groups in total. The molecule has 152 valence electrons. The van der Waals surface area contributed by atoms with Crippen LogP contribution in [0, 0.1) is 11.3 Å². The molecule has 0 bridgehead atoms. The van der Waals surface area contributed by atoms with E-state index >= 15 is 0 Å². The van der Waals surface area contributed by atoms with Crippen molar-refractivity contribution < 1.29 is 18.4 Å². The van der Waals surface area contributed by atoms with Crippen LogP contribution >= 0.6 is 22.9 Å². The van der Waals surface area contributed by atoms with Crippen molar-refractivity contribution in [1.82, 2.24) is 15.2 Å². The van der Waals surface area contributed by atoms with Crippen molar-refractivity contribution in [2.75, 3.05) is 13.1 Å². The van der Waals surface area contributed by atoms with Crippen LogP contribution in [0.3, 0.4) is 0 Å². The molecule has 0 aliphatic carbocycles. The van der Waals surface area contributed by atoms with Crippen molar-refractivity contribution in [1.29, 1.82) is 5.26 Å². The summed E-state index contributed by atoms with van der Waals surface area (Å²) in [6.07, 6.45) is 0.695. The molecule has 2 heterocycles. The molecule has 29 heavy (non-hydrogen) atoms. The first-order valence-electron chi connectivity index (χ1n) is 8.81. The number of rotatable bonds is 6. The Bertz CT molecular complexity index is 942. The zero-order chi connectivity index (χ0) is 21.0. The van der Waals surface area contributed by atoms with Crippen LogP contribution in [0.5, 0.6) is 0 Å². The number of halogens is 3. The third kappa shape index (κ3) is 5.49. The molecule has 0 radical (unpaired) electrons. The van der Waals surface area contributed by atoms with Crippen LogP contribution in [0.2, 0.25) is 5.02 Å². The lowest BCUT2D eigenvalue weighted by atomic mass is 10.1. The van der Waals surface area contributed by atoms with E-state index in [0.717, 1.165) is 21.9 Å². The van der Waals surface area contributed by atoms with Crippen molar-refractivity contribution in [3.8, 4) is 6.07 Å². The predicted molar refractivity (Wildman–Crippen MR) is 104 cm³/mol. The van der Waals surface area contributed by atoms with Crippen molar-refractivity contribution >= 4 is 34.8 Å². The third-order valence-electron chi connectivity index (χ3n) is 4.46. The van der Waals surface area contributed by atoms with E-state index in [1.807, 2.05) is 24.3 Å². The van der Waals surface area contributed by atoms with Crippen LogP contribution in [0.1, 0.15) is 27.5 Å². The van der Waals surface area contributed by atoms with Crippen LogP contribution in [-0.4, -0.2) is 46.8 Å². The highest BCUT2D eigenvalue weighted by Gasteiger charge is 2.47. The maximum absolute atomic E-state index is 13.4. The van der Waals surface area contributed by atoms with E-state index in [1.165, 1.54) is 11.3 Å². The van der Waals surface area contributed by atoms with E-state index in [4.69, 9.17) is 16.9 Å². The molecule has 1 saturated heterocycles. The Hall–Kier alpha value is -2.57. The van der Waals surface area contributed by atoms with Gasteiger partial charge in [-0.3, -0.25) is 9.59 Å². The number of nitrogens with zero attached hydrogens (tertiary/aromatic N) is 3. The van der Waals surface area contributed by atoms with Gasteiger partial charge in [0.2, 0.25) is 5.91 Å². The molecule has 2 amide bonds. The summed E-state index contributed by atoms with van der Waals surface area (Å²) in [5, 5.41) is 14.3. The molecular weight excluding hydrogens is 422 g/mol. The molecule has 0 saturated carbocycles. The first-order valence-corrected chi connectivity index (χ1v) is 10.1. The number of carbonyl (C=O) groups excluding carboxylic acids is 2. The molecule has 10 heteroatoms. The van der Waals surface area contributed by atoms with Crippen molar-refractivity contribution in [2.24, 2.45) is 0 Å². The minimum absolute atomic E-state index is 0.164. The summed E-state index contributed by atoms with van der Waals surface area (Å²) >= 11 is 7.18. The number of hydrogen-bond donors (Lipinski definition) is 1. The van der Waals surface area contributed by atoms with Crippen LogP contribution < -0.4 is 5.32 Å². The predicted octanol–water partition coefficient (Wildman–Crippen LogP) is 3.07. The Morgan fingerprint density at radius 2 is 2.07 bits per heavy atom. The summed E-state index contributed by atoms with van der Waals surface area (Å²) in [4.78, 5) is 29.4.